The van der Waals surface area contributed by atoms with Gasteiger partial charge < -0.3 is 10.1 Å². The fourth-order valence-corrected chi connectivity index (χ4v) is 1.65. The van der Waals surface area contributed by atoms with Crippen LogP contribution >= 0.6 is 11.3 Å². The average Bonchev–Trinajstić information content (AvgIpc) is 2.80. The highest BCUT2D eigenvalue weighted by atomic mass is 32.1. The predicted molar refractivity (Wildman–Crippen MR) is 60.2 cm³/mol. The number of pyridine rings is 1. The van der Waals surface area contributed by atoms with Gasteiger partial charge in [0.2, 0.25) is 0 Å². The van der Waals surface area contributed by atoms with Crippen LogP contribution in [0.4, 0.5) is 5.82 Å². The summed E-state index contributed by atoms with van der Waals surface area (Å²) < 4.78 is 5.02. The molecular weight excluding hydrogens is 210 g/mol. The molecule has 0 aliphatic heterocycles. The van der Waals surface area contributed by atoms with Crippen molar-refractivity contribution in [1.82, 2.24) is 9.97 Å². The zero-order valence-electron chi connectivity index (χ0n) is 8.30. The lowest BCUT2D eigenvalue weighted by molar-refractivity contribution is 0.413. The molecule has 2 aromatic rings. The number of rotatable bonds is 4. The Bertz CT molecular complexity index is 399. The van der Waals surface area contributed by atoms with Gasteiger partial charge >= 0.3 is 0 Å². The molecule has 0 spiro atoms. The molecule has 0 radical (unpaired) electrons. The second-order valence-electron chi connectivity index (χ2n) is 2.90. The first-order valence-electron chi connectivity index (χ1n) is 4.50. The van der Waals surface area contributed by atoms with E-state index in [1.54, 1.807) is 24.6 Å². The van der Waals surface area contributed by atoms with Gasteiger partial charge in [0, 0.05) is 11.1 Å². The Kier molecular flexibility index (Phi) is 3.14. The summed E-state index contributed by atoms with van der Waals surface area (Å²) in [6.07, 6.45) is 3.54. The normalized spacial score (nSPS) is 9.93. The average molecular weight is 221 g/mol. The highest BCUT2D eigenvalue weighted by Crippen LogP contribution is 2.13. The van der Waals surface area contributed by atoms with Crippen molar-refractivity contribution >= 4 is 17.2 Å². The Morgan fingerprint density at radius 3 is 2.93 bits per heavy atom. The molecule has 2 heterocycles. The van der Waals surface area contributed by atoms with Crippen molar-refractivity contribution in [3.8, 4) is 5.75 Å². The number of aromatic nitrogens is 2. The first-order chi connectivity index (χ1) is 7.38. The van der Waals surface area contributed by atoms with Crippen LogP contribution in [0.2, 0.25) is 0 Å². The van der Waals surface area contributed by atoms with Crippen molar-refractivity contribution in [2.75, 3.05) is 12.4 Å². The smallest absolute Gasteiger partial charge is 0.137 e. The summed E-state index contributed by atoms with van der Waals surface area (Å²) in [5.74, 6) is 1.60. The minimum absolute atomic E-state index is 0.754. The molecule has 0 unspecified atom stereocenters. The van der Waals surface area contributed by atoms with Gasteiger partial charge in [-0.1, -0.05) is 0 Å². The van der Waals surface area contributed by atoms with Gasteiger partial charge in [-0.25, -0.2) is 4.98 Å². The van der Waals surface area contributed by atoms with E-state index in [0.29, 0.717) is 0 Å². The van der Waals surface area contributed by atoms with Crippen LogP contribution in [-0.4, -0.2) is 17.1 Å². The largest absolute Gasteiger partial charge is 0.495 e. The maximum atomic E-state index is 5.02. The van der Waals surface area contributed by atoms with Crippen molar-refractivity contribution < 1.29 is 4.74 Å². The van der Waals surface area contributed by atoms with Crippen molar-refractivity contribution in [3.05, 3.63) is 34.9 Å². The lowest BCUT2D eigenvalue weighted by Gasteiger charge is -2.04. The predicted octanol–water partition coefficient (Wildman–Crippen LogP) is 2.16. The highest BCUT2D eigenvalue weighted by molar-refractivity contribution is 7.09. The van der Waals surface area contributed by atoms with E-state index in [1.807, 2.05) is 23.8 Å². The lowest BCUT2D eigenvalue weighted by Crippen LogP contribution is -1.99. The molecule has 0 aliphatic rings. The van der Waals surface area contributed by atoms with Gasteiger partial charge in [-0.3, -0.25) is 4.98 Å². The summed E-state index contributed by atoms with van der Waals surface area (Å²) in [5.41, 5.74) is 1.82. The quantitative estimate of drug-likeness (QED) is 0.859. The molecule has 1 N–H and O–H groups in total. The molecule has 4 nitrogen and oxygen atoms in total. The fraction of sp³-hybridized carbons (Fsp3) is 0.200. The standard InChI is InChI=1S/C10H11N3OS/c1-14-8-2-3-10(12-4-8)13-6-9-5-11-7-15-9/h2-5,7H,6H2,1H3,(H,12,13). The van der Waals surface area contributed by atoms with Crippen LogP contribution in [0.1, 0.15) is 4.88 Å². The first-order valence-corrected chi connectivity index (χ1v) is 5.38. The molecule has 78 valence electrons. The minimum atomic E-state index is 0.754. The van der Waals surface area contributed by atoms with Gasteiger partial charge in [-0.2, -0.15) is 0 Å². The van der Waals surface area contributed by atoms with Crippen LogP contribution in [0, 0.1) is 0 Å². The number of ether oxygens (including phenoxy) is 1. The van der Waals surface area contributed by atoms with E-state index in [9.17, 15) is 0 Å². The molecule has 0 aromatic carbocycles. The molecule has 2 aromatic heterocycles. The Morgan fingerprint density at radius 2 is 2.33 bits per heavy atom. The maximum Gasteiger partial charge on any atom is 0.137 e. The van der Waals surface area contributed by atoms with Crippen molar-refractivity contribution in [1.29, 1.82) is 0 Å². The van der Waals surface area contributed by atoms with Gasteiger partial charge in [0.15, 0.2) is 0 Å². The molecule has 0 amide bonds. The molecule has 0 aliphatic carbocycles. The van der Waals surface area contributed by atoms with Gasteiger partial charge in [0.25, 0.3) is 0 Å². The van der Waals surface area contributed by atoms with Crippen LogP contribution in [-0.2, 0) is 6.54 Å². The topological polar surface area (TPSA) is 47.0 Å². The third kappa shape index (κ3) is 2.66. The second kappa shape index (κ2) is 4.75. The second-order valence-corrected chi connectivity index (χ2v) is 3.88. The van der Waals surface area contributed by atoms with Crippen molar-refractivity contribution in [2.45, 2.75) is 6.54 Å². The monoisotopic (exact) mass is 221 g/mol. The summed E-state index contributed by atoms with van der Waals surface area (Å²) in [7, 11) is 1.63. The fourth-order valence-electron chi connectivity index (χ4n) is 1.11. The molecule has 0 fully saturated rings. The summed E-state index contributed by atoms with van der Waals surface area (Å²) in [6, 6.07) is 3.77. The van der Waals surface area contributed by atoms with Crippen LogP contribution in [0.15, 0.2) is 30.0 Å². The number of anilines is 1. The molecule has 0 atom stereocenters. The zero-order valence-corrected chi connectivity index (χ0v) is 9.12. The van der Waals surface area contributed by atoms with E-state index in [4.69, 9.17) is 4.74 Å². The summed E-state index contributed by atoms with van der Waals surface area (Å²) in [4.78, 5) is 9.38. The van der Waals surface area contributed by atoms with Crippen LogP contribution in [0.5, 0.6) is 5.75 Å². The van der Waals surface area contributed by atoms with E-state index in [0.717, 1.165) is 18.1 Å². The Hall–Kier alpha value is -1.62. The Labute approximate surface area is 92.0 Å². The summed E-state index contributed by atoms with van der Waals surface area (Å²) in [5, 5.41) is 3.20. The van der Waals surface area contributed by atoms with E-state index in [-0.39, 0.29) is 0 Å². The lowest BCUT2D eigenvalue weighted by atomic mass is 10.4. The number of hydrogen-bond donors (Lipinski definition) is 1. The van der Waals surface area contributed by atoms with Gasteiger partial charge in [-0.15, -0.1) is 11.3 Å². The third-order valence-electron chi connectivity index (χ3n) is 1.90. The van der Waals surface area contributed by atoms with E-state index < -0.39 is 0 Å². The Balaban J connectivity index is 1.93. The van der Waals surface area contributed by atoms with Crippen molar-refractivity contribution in [2.24, 2.45) is 0 Å². The Morgan fingerprint density at radius 1 is 1.40 bits per heavy atom. The molecule has 0 saturated carbocycles. The third-order valence-corrected chi connectivity index (χ3v) is 2.68. The molecule has 2 rings (SSSR count). The van der Waals surface area contributed by atoms with Crippen LogP contribution < -0.4 is 10.1 Å². The molecular formula is C10H11N3OS. The highest BCUT2D eigenvalue weighted by Gasteiger charge is 1.97. The summed E-state index contributed by atoms with van der Waals surface area (Å²) in [6.45, 7) is 0.754. The number of nitrogens with zero attached hydrogens (tertiary/aromatic N) is 2. The maximum absolute atomic E-state index is 5.02. The van der Waals surface area contributed by atoms with Gasteiger partial charge in [0.05, 0.1) is 25.4 Å². The minimum Gasteiger partial charge on any atom is -0.495 e. The molecule has 0 bridgehead atoms. The van der Waals surface area contributed by atoms with Gasteiger partial charge in [0.1, 0.15) is 11.6 Å². The SMILES string of the molecule is COc1ccc(NCc2cncs2)nc1. The molecule has 15 heavy (non-hydrogen) atoms. The van der Waals surface area contributed by atoms with E-state index in [2.05, 4.69) is 15.3 Å². The van der Waals surface area contributed by atoms with Crippen LogP contribution in [0.25, 0.3) is 0 Å². The number of nitrogens with one attached hydrogen (secondary N) is 1. The zero-order chi connectivity index (χ0) is 10.5. The summed E-state index contributed by atoms with van der Waals surface area (Å²) >= 11 is 1.62. The van der Waals surface area contributed by atoms with Crippen LogP contribution in [0.3, 0.4) is 0 Å². The molecule has 0 saturated heterocycles. The number of methoxy groups -OCH3 is 1. The van der Waals surface area contributed by atoms with Crippen molar-refractivity contribution in [3.63, 3.8) is 0 Å². The van der Waals surface area contributed by atoms with E-state index in [1.165, 1.54) is 4.88 Å². The number of hydrogen-bond acceptors (Lipinski definition) is 5. The number of thiazole rings is 1. The van der Waals surface area contributed by atoms with Gasteiger partial charge in [-0.05, 0) is 12.1 Å². The first kappa shape index (κ1) is 9.92. The molecule has 5 heteroatoms. The van der Waals surface area contributed by atoms with E-state index >= 15 is 0 Å².